The van der Waals surface area contributed by atoms with Crippen LogP contribution in [0.15, 0.2) is 12.2 Å². The summed E-state index contributed by atoms with van der Waals surface area (Å²) in [5.74, 6) is 2.56. The Morgan fingerprint density at radius 1 is 1.07 bits per heavy atom. The first-order valence-corrected chi connectivity index (χ1v) is 6.05. The third-order valence-corrected chi connectivity index (χ3v) is 5.47. The summed E-state index contributed by atoms with van der Waals surface area (Å²) in [5.41, 5.74) is 1.02. The highest BCUT2D eigenvalue weighted by Gasteiger charge is 2.56. The lowest BCUT2D eigenvalue weighted by molar-refractivity contribution is 0.151. The molecule has 0 N–H and O–H groups in total. The molecule has 0 heterocycles. The van der Waals surface area contributed by atoms with E-state index in [-0.39, 0.29) is 0 Å². The molecule has 1 fully saturated rings. The molecular formula is C14H24. The molecule has 2 rings (SSSR count). The van der Waals surface area contributed by atoms with E-state index < -0.39 is 0 Å². The molecule has 3 unspecified atom stereocenters. The second kappa shape index (κ2) is 2.87. The molecule has 0 aromatic heterocycles. The van der Waals surface area contributed by atoms with E-state index in [4.69, 9.17) is 0 Å². The van der Waals surface area contributed by atoms with Gasteiger partial charge in [-0.15, -0.1) is 0 Å². The van der Waals surface area contributed by atoms with Crippen LogP contribution in [-0.4, -0.2) is 0 Å². The van der Waals surface area contributed by atoms with Crippen LogP contribution in [0.2, 0.25) is 0 Å². The van der Waals surface area contributed by atoms with E-state index in [1.807, 2.05) is 0 Å². The molecule has 1 saturated carbocycles. The molecule has 0 spiro atoms. The van der Waals surface area contributed by atoms with Crippen molar-refractivity contribution >= 4 is 0 Å². The van der Waals surface area contributed by atoms with Gasteiger partial charge in [-0.05, 0) is 41.4 Å². The largest absolute Gasteiger partial charge is 0.0882 e. The van der Waals surface area contributed by atoms with E-state index in [9.17, 15) is 0 Å². The fraction of sp³-hybridized carbons (Fsp3) is 0.857. The van der Waals surface area contributed by atoms with Gasteiger partial charge in [0.25, 0.3) is 0 Å². The highest BCUT2D eigenvalue weighted by molar-refractivity contribution is 5.14. The number of fused-ring (bicyclic) bond motifs is 1. The minimum Gasteiger partial charge on any atom is -0.0882 e. The van der Waals surface area contributed by atoms with Crippen molar-refractivity contribution in [3.8, 4) is 0 Å². The van der Waals surface area contributed by atoms with Crippen LogP contribution in [0.4, 0.5) is 0 Å². The Bertz CT molecular complexity index is 257. The van der Waals surface area contributed by atoms with Crippen molar-refractivity contribution in [1.29, 1.82) is 0 Å². The molecule has 0 amide bonds. The smallest absolute Gasteiger partial charge is 0.0146 e. The topological polar surface area (TPSA) is 0 Å². The van der Waals surface area contributed by atoms with Crippen molar-refractivity contribution in [2.45, 2.75) is 47.5 Å². The van der Waals surface area contributed by atoms with Crippen LogP contribution >= 0.6 is 0 Å². The summed E-state index contributed by atoms with van der Waals surface area (Å²) in [6, 6.07) is 0. The van der Waals surface area contributed by atoms with E-state index in [1.165, 1.54) is 12.8 Å². The van der Waals surface area contributed by atoms with Crippen LogP contribution < -0.4 is 0 Å². The van der Waals surface area contributed by atoms with Gasteiger partial charge in [-0.3, -0.25) is 0 Å². The van der Waals surface area contributed by atoms with Crippen molar-refractivity contribution in [3.05, 3.63) is 12.2 Å². The Labute approximate surface area is 88.8 Å². The van der Waals surface area contributed by atoms with Gasteiger partial charge in [0.1, 0.15) is 0 Å². The van der Waals surface area contributed by atoms with Gasteiger partial charge in [-0.2, -0.15) is 0 Å². The second-order valence-electron chi connectivity index (χ2n) is 6.50. The van der Waals surface area contributed by atoms with Gasteiger partial charge in [0.2, 0.25) is 0 Å². The first-order valence-electron chi connectivity index (χ1n) is 6.05. The number of rotatable bonds is 0. The molecule has 0 radical (unpaired) electrons. The molecule has 2 aliphatic carbocycles. The molecule has 2 aliphatic rings. The first kappa shape index (κ1) is 10.3. The maximum Gasteiger partial charge on any atom is -0.0146 e. The van der Waals surface area contributed by atoms with Gasteiger partial charge in [0, 0.05) is 0 Å². The highest BCUT2D eigenvalue weighted by atomic mass is 14.6. The molecule has 80 valence electrons. The Kier molecular flexibility index (Phi) is 2.10. The van der Waals surface area contributed by atoms with E-state index >= 15 is 0 Å². The summed E-state index contributed by atoms with van der Waals surface area (Å²) < 4.78 is 0. The van der Waals surface area contributed by atoms with Gasteiger partial charge in [-0.1, -0.05) is 46.8 Å². The molecule has 0 saturated heterocycles. The Balaban J connectivity index is 2.42. The Morgan fingerprint density at radius 2 is 1.71 bits per heavy atom. The fourth-order valence-corrected chi connectivity index (χ4v) is 4.00. The molecule has 0 aromatic carbocycles. The van der Waals surface area contributed by atoms with Crippen molar-refractivity contribution < 1.29 is 0 Å². The highest BCUT2D eigenvalue weighted by Crippen LogP contribution is 2.62. The van der Waals surface area contributed by atoms with E-state index in [2.05, 4.69) is 46.8 Å². The minimum atomic E-state index is 0.491. The maximum atomic E-state index is 2.50. The van der Waals surface area contributed by atoms with Gasteiger partial charge < -0.3 is 0 Å². The summed E-state index contributed by atoms with van der Waals surface area (Å²) in [6.07, 6.45) is 7.60. The molecule has 0 bridgehead atoms. The first-order chi connectivity index (χ1) is 6.38. The average molecular weight is 192 g/mol. The monoisotopic (exact) mass is 192 g/mol. The third-order valence-electron chi connectivity index (χ3n) is 5.47. The molecule has 0 aliphatic heterocycles. The summed E-state index contributed by atoms with van der Waals surface area (Å²) in [4.78, 5) is 0. The molecule has 3 atom stereocenters. The van der Waals surface area contributed by atoms with Crippen LogP contribution in [0.1, 0.15) is 47.5 Å². The average Bonchev–Trinajstić information content (AvgIpc) is 2.28. The predicted molar refractivity (Wildman–Crippen MR) is 62.1 cm³/mol. The molecule has 0 heteroatoms. The third kappa shape index (κ3) is 1.12. The number of hydrogen-bond acceptors (Lipinski definition) is 0. The zero-order valence-electron chi connectivity index (χ0n) is 10.3. The predicted octanol–water partition coefficient (Wildman–Crippen LogP) is 4.27. The van der Waals surface area contributed by atoms with E-state index in [1.54, 1.807) is 0 Å². The SMILES string of the molecule is CC1C(C)(C)C2C=CCCC2C1(C)C. The summed E-state index contributed by atoms with van der Waals surface area (Å²) in [5, 5.41) is 0. The van der Waals surface area contributed by atoms with Crippen LogP contribution in [0.25, 0.3) is 0 Å². The van der Waals surface area contributed by atoms with Gasteiger partial charge in [-0.25, -0.2) is 0 Å². The van der Waals surface area contributed by atoms with Gasteiger partial charge >= 0.3 is 0 Å². The zero-order valence-corrected chi connectivity index (χ0v) is 10.3. The standard InChI is InChI=1S/C14H24/c1-10-13(2,3)11-8-6-7-9-12(11)14(10,4)5/h6,8,10-12H,7,9H2,1-5H3. The van der Waals surface area contributed by atoms with Crippen molar-refractivity contribution in [2.24, 2.45) is 28.6 Å². The van der Waals surface area contributed by atoms with Crippen LogP contribution in [0, 0.1) is 28.6 Å². The second-order valence-corrected chi connectivity index (χ2v) is 6.50. The lowest BCUT2D eigenvalue weighted by Gasteiger charge is -2.34. The normalized spacial score (nSPS) is 43.6. The minimum absolute atomic E-state index is 0.491. The van der Waals surface area contributed by atoms with Crippen molar-refractivity contribution in [3.63, 3.8) is 0 Å². The quantitative estimate of drug-likeness (QED) is 0.503. The van der Waals surface area contributed by atoms with Crippen LogP contribution in [-0.2, 0) is 0 Å². The summed E-state index contributed by atoms with van der Waals surface area (Å²) >= 11 is 0. The van der Waals surface area contributed by atoms with E-state index in [0.29, 0.717) is 10.8 Å². The summed E-state index contributed by atoms with van der Waals surface area (Å²) in [7, 11) is 0. The molecule has 0 nitrogen and oxygen atoms in total. The Morgan fingerprint density at radius 3 is 2.29 bits per heavy atom. The molecular weight excluding hydrogens is 168 g/mol. The lowest BCUT2D eigenvalue weighted by Crippen LogP contribution is -2.27. The van der Waals surface area contributed by atoms with Gasteiger partial charge in [0.15, 0.2) is 0 Å². The Hall–Kier alpha value is -0.260. The fourth-order valence-electron chi connectivity index (χ4n) is 4.00. The van der Waals surface area contributed by atoms with Crippen molar-refractivity contribution in [1.82, 2.24) is 0 Å². The summed E-state index contributed by atoms with van der Waals surface area (Å²) in [6.45, 7) is 12.3. The van der Waals surface area contributed by atoms with Crippen molar-refractivity contribution in [2.75, 3.05) is 0 Å². The zero-order chi connectivity index (χ0) is 10.6. The van der Waals surface area contributed by atoms with Crippen LogP contribution in [0.3, 0.4) is 0 Å². The van der Waals surface area contributed by atoms with E-state index in [0.717, 1.165) is 17.8 Å². The molecule has 14 heavy (non-hydrogen) atoms. The number of hydrogen-bond donors (Lipinski definition) is 0. The van der Waals surface area contributed by atoms with Crippen LogP contribution in [0.5, 0.6) is 0 Å². The van der Waals surface area contributed by atoms with Gasteiger partial charge in [0.05, 0.1) is 0 Å². The molecule has 0 aromatic rings. The number of allylic oxidation sites excluding steroid dienone is 2. The maximum absolute atomic E-state index is 2.50. The lowest BCUT2D eigenvalue weighted by atomic mass is 9.71.